The van der Waals surface area contributed by atoms with Crippen molar-refractivity contribution in [1.82, 2.24) is 14.5 Å². The minimum absolute atomic E-state index is 0.0187. The molecule has 0 amide bonds. The van der Waals surface area contributed by atoms with Crippen LogP contribution in [0.4, 0.5) is 11.4 Å². The zero-order valence-electron chi connectivity index (χ0n) is 14.4. The van der Waals surface area contributed by atoms with Crippen molar-refractivity contribution in [2.24, 2.45) is 0 Å². The number of hydrogen-bond donors (Lipinski definition) is 1. The second-order valence-corrected chi connectivity index (χ2v) is 6.62. The Morgan fingerprint density at radius 2 is 1.89 bits per heavy atom. The molecular weight excluding hydrogens is 362 g/mol. The van der Waals surface area contributed by atoms with E-state index in [9.17, 15) is 10.1 Å². The van der Waals surface area contributed by atoms with Crippen LogP contribution in [0.3, 0.4) is 0 Å². The van der Waals surface area contributed by atoms with Gasteiger partial charge in [0.2, 0.25) is 0 Å². The lowest BCUT2D eigenvalue weighted by molar-refractivity contribution is -0.384. The molecule has 0 saturated heterocycles. The van der Waals surface area contributed by atoms with Gasteiger partial charge in [0.15, 0.2) is 5.11 Å². The Labute approximate surface area is 161 Å². The van der Waals surface area contributed by atoms with Crippen molar-refractivity contribution >= 4 is 28.7 Å². The Bertz CT molecular complexity index is 971. The van der Waals surface area contributed by atoms with Gasteiger partial charge in [-0.05, 0) is 54.2 Å². The number of non-ortho nitro benzene ring substituents is 1. The molecule has 3 heterocycles. The summed E-state index contributed by atoms with van der Waals surface area (Å²) in [5, 5.41) is 14.6. The van der Waals surface area contributed by atoms with E-state index in [-0.39, 0.29) is 11.7 Å². The first-order chi connectivity index (χ1) is 13.1. The Kier molecular flexibility index (Phi) is 4.55. The molecule has 136 valence electrons. The van der Waals surface area contributed by atoms with E-state index in [4.69, 9.17) is 12.2 Å². The second-order valence-electron chi connectivity index (χ2n) is 6.24. The molecule has 1 atom stereocenters. The number of nitro benzene ring substituents is 1. The molecule has 4 rings (SSSR count). The number of thiocarbonyl (C=S) groups is 1. The summed E-state index contributed by atoms with van der Waals surface area (Å²) in [4.78, 5) is 16.7. The van der Waals surface area contributed by atoms with Crippen LogP contribution in [0.15, 0.2) is 67.1 Å². The standard InChI is InChI=1S/C19H17N5O2S/c25-24(26)16-5-3-15(4-6-16)21-19(27)23-13-12-22-11-1-2-17(22)18(23)14-7-9-20-10-8-14/h1-11,18H,12-13H2,(H,21,27)/t18-/m1/s1. The van der Waals surface area contributed by atoms with E-state index in [0.29, 0.717) is 5.11 Å². The van der Waals surface area contributed by atoms with E-state index >= 15 is 0 Å². The molecule has 0 fully saturated rings. The summed E-state index contributed by atoms with van der Waals surface area (Å²) in [6.07, 6.45) is 5.64. The quantitative estimate of drug-likeness (QED) is 0.426. The Balaban J connectivity index is 1.61. The molecule has 0 radical (unpaired) electrons. The van der Waals surface area contributed by atoms with Gasteiger partial charge in [0, 0.05) is 55.2 Å². The zero-order valence-corrected chi connectivity index (χ0v) is 15.2. The van der Waals surface area contributed by atoms with Crippen LogP contribution in [-0.4, -0.2) is 31.0 Å². The van der Waals surface area contributed by atoms with Gasteiger partial charge in [-0.2, -0.15) is 0 Å². The minimum Gasteiger partial charge on any atom is -0.348 e. The maximum Gasteiger partial charge on any atom is 0.269 e. The topological polar surface area (TPSA) is 76.2 Å². The monoisotopic (exact) mass is 379 g/mol. The Hall–Kier alpha value is -3.26. The lowest BCUT2D eigenvalue weighted by atomic mass is 10.0. The third kappa shape index (κ3) is 3.39. The molecule has 2 aromatic heterocycles. The van der Waals surface area contributed by atoms with Gasteiger partial charge >= 0.3 is 0 Å². The van der Waals surface area contributed by atoms with Gasteiger partial charge in [0.05, 0.1) is 11.0 Å². The molecule has 0 saturated carbocycles. The molecule has 8 heteroatoms. The van der Waals surface area contributed by atoms with Crippen LogP contribution in [0.5, 0.6) is 0 Å². The number of benzene rings is 1. The van der Waals surface area contributed by atoms with E-state index < -0.39 is 4.92 Å². The number of nitrogens with one attached hydrogen (secondary N) is 1. The summed E-state index contributed by atoms with van der Waals surface area (Å²) < 4.78 is 2.23. The first-order valence-corrected chi connectivity index (χ1v) is 8.91. The van der Waals surface area contributed by atoms with Gasteiger partial charge in [-0.25, -0.2) is 0 Å². The van der Waals surface area contributed by atoms with Crippen molar-refractivity contribution in [3.8, 4) is 0 Å². The summed E-state index contributed by atoms with van der Waals surface area (Å²) in [5.41, 5.74) is 3.05. The highest BCUT2D eigenvalue weighted by Gasteiger charge is 2.30. The average Bonchev–Trinajstić information content (AvgIpc) is 3.17. The molecule has 7 nitrogen and oxygen atoms in total. The molecule has 27 heavy (non-hydrogen) atoms. The van der Waals surface area contributed by atoms with Crippen LogP contribution in [0.2, 0.25) is 0 Å². The third-order valence-electron chi connectivity index (χ3n) is 4.65. The van der Waals surface area contributed by atoms with Gasteiger partial charge in [0.1, 0.15) is 0 Å². The summed E-state index contributed by atoms with van der Waals surface area (Å²) in [6.45, 7) is 1.60. The number of rotatable bonds is 3. The highest BCUT2D eigenvalue weighted by Crippen LogP contribution is 2.32. The highest BCUT2D eigenvalue weighted by molar-refractivity contribution is 7.80. The van der Waals surface area contributed by atoms with Crippen molar-refractivity contribution in [1.29, 1.82) is 0 Å². The number of nitrogens with zero attached hydrogens (tertiary/aromatic N) is 4. The van der Waals surface area contributed by atoms with Gasteiger partial charge < -0.3 is 14.8 Å². The maximum absolute atomic E-state index is 10.8. The number of aromatic nitrogens is 2. The predicted molar refractivity (Wildman–Crippen MR) is 107 cm³/mol. The van der Waals surface area contributed by atoms with Crippen LogP contribution < -0.4 is 5.32 Å². The van der Waals surface area contributed by atoms with Crippen LogP contribution >= 0.6 is 12.2 Å². The zero-order chi connectivity index (χ0) is 18.8. The number of nitro groups is 1. The molecule has 1 aliphatic heterocycles. The molecule has 1 N–H and O–H groups in total. The summed E-state index contributed by atoms with van der Waals surface area (Å²) in [7, 11) is 0. The summed E-state index contributed by atoms with van der Waals surface area (Å²) >= 11 is 5.68. The number of hydrogen-bond acceptors (Lipinski definition) is 4. The number of anilines is 1. The maximum atomic E-state index is 10.8. The molecular formula is C19H17N5O2S. The van der Waals surface area contributed by atoms with Crippen LogP contribution in [0.25, 0.3) is 0 Å². The molecule has 1 aliphatic rings. The minimum atomic E-state index is -0.416. The molecule has 1 aromatic carbocycles. The Morgan fingerprint density at radius 3 is 2.59 bits per heavy atom. The molecule has 0 spiro atoms. The van der Waals surface area contributed by atoms with Gasteiger partial charge in [-0.1, -0.05) is 0 Å². The third-order valence-corrected chi connectivity index (χ3v) is 4.99. The Morgan fingerprint density at radius 1 is 1.15 bits per heavy atom. The van der Waals surface area contributed by atoms with Crippen molar-refractivity contribution in [3.63, 3.8) is 0 Å². The summed E-state index contributed by atoms with van der Waals surface area (Å²) in [5.74, 6) is 0. The van der Waals surface area contributed by atoms with Gasteiger partial charge in [-0.3, -0.25) is 15.1 Å². The highest BCUT2D eigenvalue weighted by atomic mass is 32.1. The van der Waals surface area contributed by atoms with E-state index in [2.05, 4.69) is 32.0 Å². The van der Waals surface area contributed by atoms with Crippen LogP contribution in [0.1, 0.15) is 17.3 Å². The fourth-order valence-electron chi connectivity index (χ4n) is 3.36. The second kappa shape index (κ2) is 7.16. The first kappa shape index (κ1) is 17.2. The predicted octanol–water partition coefficient (Wildman–Crippen LogP) is 3.59. The first-order valence-electron chi connectivity index (χ1n) is 8.50. The SMILES string of the molecule is O=[N+]([O-])c1ccc(NC(=S)N2CCn3cccc3[C@H]2c2ccncc2)cc1. The lowest BCUT2D eigenvalue weighted by Crippen LogP contribution is -2.44. The summed E-state index contributed by atoms with van der Waals surface area (Å²) in [6, 6.07) is 14.4. The number of fused-ring (bicyclic) bond motifs is 1. The fraction of sp³-hybridized carbons (Fsp3) is 0.158. The fourth-order valence-corrected chi connectivity index (χ4v) is 3.67. The van der Waals surface area contributed by atoms with E-state index in [0.717, 1.165) is 24.3 Å². The van der Waals surface area contributed by atoms with Crippen molar-refractivity contribution in [3.05, 3.63) is 88.5 Å². The van der Waals surface area contributed by atoms with Crippen molar-refractivity contribution < 1.29 is 4.92 Å². The molecule has 3 aromatic rings. The molecule has 0 unspecified atom stereocenters. The van der Waals surface area contributed by atoms with Crippen LogP contribution in [-0.2, 0) is 6.54 Å². The smallest absolute Gasteiger partial charge is 0.269 e. The normalized spacial score (nSPS) is 15.9. The molecule has 0 aliphatic carbocycles. The van der Waals surface area contributed by atoms with Crippen molar-refractivity contribution in [2.75, 3.05) is 11.9 Å². The number of pyridine rings is 1. The molecule has 0 bridgehead atoms. The lowest BCUT2D eigenvalue weighted by Gasteiger charge is -2.39. The van der Waals surface area contributed by atoms with Crippen LogP contribution in [0, 0.1) is 10.1 Å². The van der Waals surface area contributed by atoms with E-state index in [1.54, 1.807) is 24.5 Å². The average molecular weight is 379 g/mol. The largest absolute Gasteiger partial charge is 0.348 e. The van der Waals surface area contributed by atoms with Crippen molar-refractivity contribution in [2.45, 2.75) is 12.6 Å². The van der Waals surface area contributed by atoms with E-state index in [1.165, 1.54) is 17.8 Å². The van der Waals surface area contributed by atoms with E-state index in [1.807, 2.05) is 18.2 Å². The van der Waals surface area contributed by atoms with Gasteiger partial charge in [0.25, 0.3) is 5.69 Å². The van der Waals surface area contributed by atoms with Gasteiger partial charge in [-0.15, -0.1) is 0 Å².